The molecule has 2 rings (SSSR count). The smallest absolute Gasteiger partial charge is 0.130 e. The van der Waals surface area contributed by atoms with Gasteiger partial charge in [0.05, 0.1) is 0 Å². The summed E-state index contributed by atoms with van der Waals surface area (Å²) in [4.78, 5) is 0. The van der Waals surface area contributed by atoms with Crippen LogP contribution in [-0.2, 0) is 5.67 Å². The molecule has 120 valence electrons. The fraction of sp³-hybridized carbons (Fsp3) is 0.273. The molecule has 0 aliphatic carbocycles. The van der Waals surface area contributed by atoms with Gasteiger partial charge in [0.15, 0.2) is 0 Å². The molecule has 0 spiro atoms. The quantitative estimate of drug-likeness (QED) is 0.525. The fourth-order valence-corrected chi connectivity index (χ4v) is 2.57. The molecule has 0 radical (unpaired) electrons. The number of hydrogen-bond acceptors (Lipinski definition) is 0. The van der Waals surface area contributed by atoms with Crippen LogP contribution in [0.2, 0.25) is 0 Å². The van der Waals surface area contributed by atoms with Gasteiger partial charge < -0.3 is 0 Å². The summed E-state index contributed by atoms with van der Waals surface area (Å²) < 4.78 is 14.1. The Hall–Kier alpha value is -2.15. The number of rotatable bonds is 5. The zero-order valence-corrected chi connectivity index (χ0v) is 14.5. The van der Waals surface area contributed by atoms with E-state index in [4.69, 9.17) is 0 Å². The molecule has 0 nitrogen and oxygen atoms in total. The van der Waals surface area contributed by atoms with Gasteiger partial charge in [0.2, 0.25) is 0 Å². The third kappa shape index (κ3) is 4.41. The van der Waals surface area contributed by atoms with Crippen LogP contribution in [0, 0.1) is 0 Å². The van der Waals surface area contributed by atoms with Crippen molar-refractivity contribution in [2.75, 3.05) is 0 Å². The van der Waals surface area contributed by atoms with E-state index in [-0.39, 0.29) is 0 Å². The molecule has 0 N–H and O–H groups in total. The summed E-state index contributed by atoms with van der Waals surface area (Å²) in [6, 6.07) is 16.1. The van der Waals surface area contributed by atoms with E-state index in [9.17, 15) is 4.39 Å². The molecule has 0 atom stereocenters. The Morgan fingerprint density at radius 3 is 2.26 bits per heavy atom. The van der Waals surface area contributed by atoms with Crippen LogP contribution in [0.15, 0.2) is 66.3 Å². The Balaban J connectivity index is 2.32. The first-order chi connectivity index (χ1) is 10.8. The summed E-state index contributed by atoms with van der Waals surface area (Å²) in [7, 11) is 0. The van der Waals surface area contributed by atoms with E-state index in [2.05, 4.69) is 43.8 Å². The first-order valence-corrected chi connectivity index (χ1v) is 8.07. The number of hydrogen-bond donors (Lipinski definition) is 0. The van der Waals surface area contributed by atoms with Gasteiger partial charge in [-0.1, -0.05) is 67.6 Å². The monoisotopic (exact) mass is 308 g/mol. The SMILES string of the molecule is C=C(C)/C(=C/c1ccc(-c2cccc(C(C)(C)F)c2)cc1)CC. The van der Waals surface area contributed by atoms with Gasteiger partial charge in [0.25, 0.3) is 0 Å². The molecule has 0 saturated heterocycles. The lowest BCUT2D eigenvalue weighted by atomic mass is 9.95. The standard InChI is InChI=1S/C22H25F/c1-6-18(16(2)3)14-17-10-12-19(13-11-17)20-8-7-9-21(15-20)22(4,5)23/h7-15H,2,6H2,1,3-5H3/b18-14+. The summed E-state index contributed by atoms with van der Waals surface area (Å²) in [5.74, 6) is 0. The third-order valence-electron chi connectivity index (χ3n) is 4.06. The lowest BCUT2D eigenvalue weighted by Gasteiger charge is -2.15. The van der Waals surface area contributed by atoms with Gasteiger partial charge in [0, 0.05) is 0 Å². The van der Waals surface area contributed by atoms with E-state index in [1.54, 1.807) is 13.8 Å². The van der Waals surface area contributed by atoms with Gasteiger partial charge in [-0.25, -0.2) is 4.39 Å². The predicted octanol–water partition coefficient (Wildman–Crippen LogP) is 6.93. The Bertz CT molecular complexity index is 712. The van der Waals surface area contributed by atoms with E-state index < -0.39 is 5.67 Å². The topological polar surface area (TPSA) is 0 Å². The summed E-state index contributed by atoms with van der Waals surface area (Å²) in [5, 5.41) is 0. The molecular weight excluding hydrogens is 283 g/mol. The van der Waals surface area contributed by atoms with Crippen LogP contribution in [-0.4, -0.2) is 0 Å². The van der Waals surface area contributed by atoms with Gasteiger partial charge in [-0.3, -0.25) is 0 Å². The molecule has 0 fully saturated rings. The lowest BCUT2D eigenvalue weighted by molar-refractivity contribution is 0.221. The predicted molar refractivity (Wildman–Crippen MR) is 99.1 cm³/mol. The minimum atomic E-state index is -1.32. The van der Waals surface area contributed by atoms with Gasteiger partial charge in [-0.15, -0.1) is 0 Å². The number of halogens is 1. The highest BCUT2D eigenvalue weighted by Crippen LogP contribution is 2.29. The Morgan fingerprint density at radius 1 is 1.09 bits per heavy atom. The molecule has 0 bridgehead atoms. The zero-order valence-electron chi connectivity index (χ0n) is 14.5. The fourth-order valence-electron chi connectivity index (χ4n) is 2.57. The Labute approximate surface area is 139 Å². The maximum atomic E-state index is 14.1. The normalized spacial score (nSPS) is 12.3. The summed E-state index contributed by atoms with van der Waals surface area (Å²) >= 11 is 0. The maximum absolute atomic E-state index is 14.1. The lowest BCUT2D eigenvalue weighted by Crippen LogP contribution is -2.08. The van der Waals surface area contributed by atoms with Crippen molar-refractivity contribution in [1.29, 1.82) is 0 Å². The average molecular weight is 308 g/mol. The van der Waals surface area contributed by atoms with Gasteiger partial charge in [0.1, 0.15) is 5.67 Å². The second kappa shape index (κ2) is 6.95. The van der Waals surface area contributed by atoms with Crippen molar-refractivity contribution in [1.82, 2.24) is 0 Å². The van der Waals surface area contributed by atoms with E-state index in [1.807, 2.05) is 31.2 Å². The first kappa shape index (κ1) is 17.2. The highest BCUT2D eigenvalue weighted by molar-refractivity contribution is 5.67. The molecule has 0 unspecified atom stereocenters. The number of allylic oxidation sites excluding steroid dienone is 2. The molecule has 2 aromatic rings. The largest absolute Gasteiger partial charge is 0.239 e. The molecule has 23 heavy (non-hydrogen) atoms. The van der Waals surface area contributed by atoms with Crippen molar-refractivity contribution in [2.24, 2.45) is 0 Å². The molecule has 0 heterocycles. The van der Waals surface area contributed by atoms with Crippen molar-refractivity contribution < 1.29 is 4.39 Å². The summed E-state index contributed by atoms with van der Waals surface area (Å²) in [6.07, 6.45) is 3.15. The van der Waals surface area contributed by atoms with Crippen LogP contribution in [0.5, 0.6) is 0 Å². The second-order valence-electron chi connectivity index (χ2n) is 6.48. The van der Waals surface area contributed by atoms with Crippen molar-refractivity contribution >= 4 is 6.08 Å². The molecule has 0 aliphatic heterocycles. The van der Waals surface area contributed by atoms with Gasteiger partial charge in [-0.05, 0) is 61.1 Å². The van der Waals surface area contributed by atoms with E-state index in [0.29, 0.717) is 5.56 Å². The molecular formula is C22H25F. The van der Waals surface area contributed by atoms with E-state index in [0.717, 1.165) is 28.7 Å². The van der Waals surface area contributed by atoms with Crippen LogP contribution >= 0.6 is 0 Å². The molecule has 1 heteroatoms. The molecule has 0 aliphatic rings. The minimum Gasteiger partial charge on any atom is -0.239 e. The number of alkyl halides is 1. The molecule has 0 saturated carbocycles. The summed E-state index contributed by atoms with van der Waals surface area (Å²) in [6.45, 7) is 11.4. The van der Waals surface area contributed by atoms with Crippen LogP contribution in [0.4, 0.5) is 4.39 Å². The van der Waals surface area contributed by atoms with Crippen molar-refractivity contribution in [2.45, 2.75) is 39.8 Å². The van der Waals surface area contributed by atoms with E-state index >= 15 is 0 Å². The minimum absolute atomic E-state index is 0.703. The van der Waals surface area contributed by atoms with Crippen molar-refractivity contribution in [3.63, 3.8) is 0 Å². The first-order valence-electron chi connectivity index (χ1n) is 8.07. The highest BCUT2D eigenvalue weighted by atomic mass is 19.1. The van der Waals surface area contributed by atoms with E-state index in [1.165, 1.54) is 5.57 Å². The Morgan fingerprint density at radius 2 is 1.74 bits per heavy atom. The van der Waals surface area contributed by atoms with Gasteiger partial charge in [-0.2, -0.15) is 0 Å². The average Bonchev–Trinajstić information content (AvgIpc) is 2.52. The zero-order chi connectivity index (χ0) is 17.0. The van der Waals surface area contributed by atoms with Crippen LogP contribution in [0.3, 0.4) is 0 Å². The molecule has 2 aromatic carbocycles. The number of benzene rings is 2. The van der Waals surface area contributed by atoms with Crippen molar-refractivity contribution in [3.05, 3.63) is 77.4 Å². The van der Waals surface area contributed by atoms with Crippen molar-refractivity contribution in [3.8, 4) is 11.1 Å². The Kier molecular flexibility index (Phi) is 5.20. The third-order valence-corrected chi connectivity index (χ3v) is 4.06. The van der Waals surface area contributed by atoms with Crippen LogP contribution in [0.25, 0.3) is 17.2 Å². The van der Waals surface area contributed by atoms with Gasteiger partial charge >= 0.3 is 0 Å². The molecule has 0 amide bonds. The molecule has 0 aromatic heterocycles. The highest BCUT2D eigenvalue weighted by Gasteiger charge is 2.18. The second-order valence-corrected chi connectivity index (χ2v) is 6.48. The van der Waals surface area contributed by atoms with Crippen LogP contribution in [0.1, 0.15) is 45.2 Å². The van der Waals surface area contributed by atoms with Crippen LogP contribution < -0.4 is 0 Å². The maximum Gasteiger partial charge on any atom is 0.130 e. The summed E-state index contributed by atoms with van der Waals surface area (Å²) in [5.41, 5.74) is 5.05.